The van der Waals surface area contributed by atoms with E-state index in [0.29, 0.717) is 0 Å². The molecule has 46 valence electrons. The highest BCUT2D eigenvalue weighted by Gasteiger charge is 2.45. The Morgan fingerprint density at radius 3 is 2.38 bits per heavy atom. The zero-order valence-corrected chi connectivity index (χ0v) is 5.56. The lowest BCUT2D eigenvalue weighted by atomic mass is 10.0. The van der Waals surface area contributed by atoms with E-state index in [9.17, 15) is 0 Å². The molecule has 0 aromatic heterocycles. The number of rotatable bonds is 0. The van der Waals surface area contributed by atoms with Gasteiger partial charge in [0.1, 0.15) is 0 Å². The molecular weight excluding hydrogens is 98.1 g/mol. The zero-order chi connectivity index (χ0) is 5.61. The van der Waals surface area contributed by atoms with Gasteiger partial charge in [0.05, 0.1) is 26.2 Å². The van der Waals surface area contributed by atoms with E-state index in [1.54, 1.807) is 0 Å². The summed E-state index contributed by atoms with van der Waals surface area (Å²) in [5, 5.41) is 0. The molecule has 0 bridgehead atoms. The minimum absolute atomic E-state index is 1.08. The third-order valence-corrected chi connectivity index (χ3v) is 3.06. The number of nitrogens with zero attached hydrogens (tertiary/aromatic N) is 1. The molecule has 0 N–H and O–H groups in total. The molecular formula is C7H14N+. The van der Waals surface area contributed by atoms with E-state index in [4.69, 9.17) is 0 Å². The topological polar surface area (TPSA) is 0 Å². The van der Waals surface area contributed by atoms with Crippen LogP contribution in [0.15, 0.2) is 0 Å². The summed E-state index contributed by atoms with van der Waals surface area (Å²) in [6.07, 6.45) is 4.51. The maximum Gasteiger partial charge on any atom is 0.0944 e. The summed E-state index contributed by atoms with van der Waals surface area (Å²) in [6, 6.07) is 1.08. The van der Waals surface area contributed by atoms with Crippen molar-refractivity contribution in [1.82, 2.24) is 0 Å². The van der Waals surface area contributed by atoms with E-state index in [-0.39, 0.29) is 0 Å². The van der Waals surface area contributed by atoms with Crippen molar-refractivity contribution in [3.63, 3.8) is 0 Å². The average Bonchev–Trinajstić information content (AvgIpc) is 1.94. The molecule has 0 radical (unpaired) electrons. The highest BCUT2D eigenvalue weighted by molar-refractivity contribution is 4.74. The van der Waals surface area contributed by atoms with Crippen LogP contribution < -0.4 is 0 Å². The largest absolute Gasteiger partial charge is 0.323 e. The summed E-state index contributed by atoms with van der Waals surface area (Å²) < 4.78 is 1.42. The van der Waals surface area contributed by atoms with E-state index < -0.39 is 0 Å². The van der Waals surface area contributed by atoms with Crippen molar-refractivity contribution < 1.29 is 4.48 Å². The Balaban J connectivity index is 2.14. The van der Waals surface area contributed by atoms with E-state index >= 15 is 0 Å². The van der Waals surface area contributed by atoms with Crippen molar-refractivity contribution in [2.75, 3.05) is 20.1 Å². The van der Waals surface area contributed by atoms with Crippen molar-refractivity contribution in [3.05, 3.63) is 0 Å². The molecule has 1 heteroatoms. The van der Waals surface area contributed by atoms with E-state index in [1.165, 1.54) is 36.8 Å². The number of fused-ring (bicyclic) bond motifs is 1. The van der Waals surface area contributed by atoms with Crippen molar-refractivity contribution >= 4 is 0 Å². The van der Waals surface area contributed by atoms with Crippen LogP contribution in [0.3, 0.4) is 0 Å². The monoisotopic (exact) mass is 112 g/mol. The molecule has 0 spiro atoms. The highest BCUT2D eigenvalue weighted by atomic mass is 15.4. The van der Waals surface area contributed by atoms with Gasteiger partial charge in [-0.25, -0.2) is 0 Å². The summed E-state index contributed by atoms with van der Waals surface area (Å²) in [6.45, 7) is 2.93. The van der Waals surface area contributed by atoms with Crippen LogP contribution in [0, 0.1) is 0 Å². The normalized spacial score (nSPS) is 52.9. The van der Waals surface area contributed by atoms with Gasteiger partial charge in [0.15, 0.2) is 0 Å². The molecule has 2 saturated heterocycles. The van der Waals surface area contributed by atoms with Gasteiger partial charge in [0, 0.05) is 19.3 Å². The number of hydrogen-bond acceptors (Lipinski definition) is 0. The zero-order valence-electron chi connectivity index (χ0n) is 5.56. The Hall–Kier alpha value is -0.0400. The summed E-state index contributed by atoms with van der Waals surface area (Å²) in [5.74, 6) is 0. The fourth-order valence-electron chi connectivity index (χ4n) is 2.19. The van der Waals surface area contributed by atoms with Gasteiger partial charge in [-0.15, -0.1) is 0 Å². The van der Waals surface area contributed by atoms with Crippen LogP contribution in [-0.4, -0.2) is 30.7 Å². The molecule has 2 atom stereocenters. The van der Waals surface area contributed by atoms with Gasteiger partial charge in [-0.2, -0.15) is 0 Å². The SMILES string of the molecule is C[N+]12CCCC1CC2. The summed E-state index contributed by atoms with van der Waals surface area (Å²) in [5.41, 5.74) is 0. The molecule has 1 nitrogen and oxygen atoms in total. The minimum atomic E-state index is 1.08. The molecule has 2 aliphatic rings. The Morgan fingerprint density at radius 1 is 1.25 bits per heavy atom. The smallest absolute Gasteiger partial charge is 0.0944 e. The van der Waals surface area contributed by atoms with Crippen LogP contribution in [-0.2, 0) is 0 Å². The van der Waals surface area contributed by atoms with Crippen LogP contribution in [0.25, 0.3) is 0 Å². The van der Waals surface area contributed by atoms with Crippen molar-refractivity contribution in [3.8, 4) is 0 Å². The summed E-state index contributed by atoms with van der Waals surface area (Å²) >= 11 is 0. The van der Waals surface area contributed by atoms with Gasteiger partial charge >= 0.3 is 0 Å². The van der Waals surface area contributed by atoms with Gasteiger partial charge in [-0.1, -0.05) is 0 Å². The fourth-order valence-corrected chi connectivity index (χ4v) is 2.19. The maximum absolute atomic E-state index is 2.40. The van der Waals surface area contributed by atoms with Crippen molar-refractivity contribution in [1.29, 1.82) is 0 Å². The summed E-state index contributed by atoms with van der Waals surface area (Å²) in [4.78, 5) is 0. The standard InChI is InChI=1S/C7H14N/c1-8-5-2-3-7(8)4-6-8/h7H,2-6H2,1H3/q+1. The first kappa shape index (κ1) is 4.80. The number of quaternary nitrogens is 1. The first-order valence-electron chi connectivity index (χ1n) is 3.65. The van der Waals surface area contributed by atoms with E-state index in [2.05, 4.69) is 7.05 Å². The molecule has 0 saturated carbocycles. The second-order valence-electron chi connectivity index (χ2n) is 3.51. The van der Waals surface area contributed by atoms with Crippen LogP contribution in [0.1, 0.15) is 19.3 Å². The molecule has 0 aromatic rings. The van der Waals surface area contributed by atoms with E-state index in [0.717, 1.165) is 6.04 Å². The lowest BCUT2D eigenvalue weighted by Gasteiger charge is -2.44. The molecule has 8 heavy (non-hydrogen) atoms. The Kier molecular flexibility index (Phi) is 0.762. The first-order valence-corrected chi connectivity index (χ1v) is 3.65. The number of hydrogen-bond donors (Lipinski definition) is 0. The molecule has 0 aromatic carbocycles. The summed E-state index contributed by atoms with van der Waals surface area (Å²) in [7, 11) is 2.40. The van der Waals surface area contributed by atoms with Gasteiger partial charge in [-0.3, -0.25) is 0 Å². The van der Waals surface area contributed by atoms with Gasteiger partial charge in [0.25, 0.3) is 0 Å². The van der Waals surface area contributed by atoms with Crippen molar-refractivity contribution in [2.24, 2.45) is 0 Å². The molecule has 2 aliphatic heterocycles. The van der Waals surface area contributed by atoms with E-state index in [1.807, 2.05) is 0 Å². The predicted octanol–water partition coefficient (Wildman–Crippen LogP) is 0.999. The Morgan fingerprint density at radius 2 is 2.12 bits per heavy atom. The van der Waals surface area contributed by atoms with Gasteiger partial charge < -0.3 is 4.48 Å². The molecule has 2 fully saturated rings. The lowest BCUT2D eigenvalue weighted by molar-refractivity contribution is -0.960. The molecule has 2 unspecified atom stereocenters. The predicted molar refractivity (Wildman–Crippen MR) is 33.6 cm³/mol. The van der Waals surface area contributed by atoms with Crippen LogP contribution in [0.4, 0.5) is 0 Å². The second-order valence-corrected chi connectivity index (χ2v) is 3.51. The van der Waals surface area contributed by atoms with Crippen molar-refractivity contribution in [2.45, 2.75) is 25.3 Å². The van der Waals surface area contributed by atoms with Crippen LogP contribution >= 0.6 is 0 Å². The van der Waals surface area contributed by atoms with Crippen LogP contribution in [0.5, 0.6) is 0 Å². The second kappa shape index (κ2) is 1.27. The van der Waals surface area contributed by atoms with Gasteiger partial charge in [-0.05, 0) is 0 Å². The third-order valence-electron chi connectivity index (χ3n) is 3.06. The molecule has 0 amide bonds. The highest BCUT2D eigenvalue weighted by Crippen LogP contribution is 2.35. The quantitative estimate of drug-likeness (QED) is 0.410. The molecule has 2 heterocycles. The Labute approximate surface area is 50.9 Å². The van der Waals surface area contributed by atoms with Crippen LogP contribution in [0.2, 0.25) is 0 Å². The lowest BCUT2D eigenvalue weighted by Crippen LogP contribution is -2.58. The third kappa shape index (κ3) is 0.408. The molecule has 2 rings (SSSR count). The Bertz CT molecular complexity index is 111. The fraction of sp³-hybridized carbons (Fsp3) is 1.00. The molecule has 0 aliphatic carbocycles. The van der Waals surface area contributed by atoms with Gasteiger partial charge in [0.2, 0.25) is 0 Å². The first-order chi connectivity index (χ1) is 3.81. The minimum Gasteiger partial charge on any atom is -0.323 e. The average molecular weight is 112 g/mol. The maximum atomic E-state index is 2.40.